The summed E-state index contributed by atoms with van der Waals surface area (Å²) in [5, 5.41) is 0. The predicted octanol–water partition coefficient (Wildman–Crippen LogP) is 2.43. The highest BCUT2D eigenvalue weighted by molar-refractivity contribution is 5.70. The molecule has 2 aromatic heterocycles. The Kier molecular flexibility index (Phi) is 2.89. The highest BCUT2D eigenvalue weighted by Gasteiger charge is 2.29. The summed E-state index contributed by atoms with van der Waals surface area (Å²) in [6.07, 6.45) is 5.06. The lowest BCUT2D eigenvalue weighted by Crippen LogP contribution is -2.04. The summed E-state index contributed by atoms with van der Waals surface area (Å²) >= 11 is 0. The van der Waals surface area contributed by atoms with E-state index in [4.69, 9.17) is 10.5 Å². The van der Waals surface area contributed by atoms with Crippen molar-refractivity contribution in [1.29, 1.82) is 0 Å². The molecule has 0 spiro atoms. The molecular weight excluding hydrogens is 240 g/mol. The quantitative estimate of drug-likeness (QED) is 0.914. The second-order valence-corrected chi connectivity index (χ2v) is 4.81. The number of pyridine rings is 1. The van der Waals surface area contributed by atoms with E-state index in [1.165, 1.54) is 12.8 Å². The number of hydrogen-bond donors (Lipinski definition) is 1. The third-order valence-electron chi connectivity index (χ3n) is 3.47. The minimum Gasteiger partial charge on any atom is -0.481 e. The smallest absolute Gasteiger partial charge is 0.212 e. The van der Waals surface area contributed by atoms with E-state index in [1.54, 1.807) is 13.3 Å². The Balaban J connectivity index is 2.03. The molecule has 0 atom stereocenters. The van der Waals surface area contributed by atoms with E-state index in [2.05, 4.69) is 21.5 Å². The SMILES string of the molecule is CCc1nc(-c2ccc(OC)nc2)c(N)n1C1CC1. The average molecular weight is 258 g/mol. The molecule has 0 amide bonds. The van der Waals surface area contributed by atoms with E-state index in [-0.39, 0.29) is 0 Å². The molecule has 3 rings (SSSR count). The molecule has 1 aliphatic rings. The van der Waals surface area contributed by atoms with Crippen molar-refractivity contribution in [2.24, 2.45) is 0 Å². The van der Waals surface area contributed by atoms with Gasteiger partial charge in [-0.1, -0.05) is 6.92 Å². The van der Waals surface area contributed by atoms with Crippen LogP contribution >= 0.6 is 0 Å². The van der Waals surface area contributed by atoms with Crippen molar-refractivity contribution >= 4 is 5.82 Å². The molecule has 0 unspecified atom stereocenters. The van der Waals surface area contributed by atoms with Gasteiger partial charge in [-0.05, 0) is 18.9 Å². The maximum atomic E-state index is 6.26. The lowest BCUT2D eigenvalue weighted by molar-refractivity contribution is 0.398. The number of nitrogens with two attached hydrogens (primary N) is 1. The molecule has 2 heterocycles. The van der Waals surface area contributed by atoms with Gasteiger partial charge in [0.2, 0.25) is 5.88 Å². The minimum atomic E-state index is 0.544. The maximum Gasteiger partial charge on any atom is 0.212 e. The summed E-state index contributed by atoms with van der Waals surface area (Å²) in [6.45, 7) is 2.11. The van der Waals surface area contributed by atoms with Crippen LogP contribution in [0.3, 0.4) is 0 Å². The summed E-state index contributed by atoms with van der Waals surface area (Å²) in [7, 11) is 1.60. The maximum absolute atomic E-state index is 6.26. The van der Waals surface area contributed by atoms with E-state index < -0.39 is 0 Å². The molecule has 100 valence electrons. The summed E-state index contributed by atoms with van der Waals surface area (Å²) in [4.78, 5) is 8.89. The fourth-order valence-corrected chi connectivity index (χ4v) is 2.34. The van der Waals surface area contributed by atoms with Gasteiger partial charge >= 0.3 is 0 Å². The van der Waals surface area contributed by atoms with Crippen molar-refractivity contribution in [2.75, 3.05) is 12.8 Å². The summed E-state index contributed by atoms with van der Waals surface area (Å²) < 4.78 is 7.25. The van der Waals surface area contributed by atoms with Crippen LogP contribution in [0, 0.1) is 0 Å². The first-order valence-electron chi connectivity index (χ1n) is 6.61. The Bertz CT molecular complexity index is 584. The van der Waals surface area contributed by atoms with Gasteiger partial charge in [0, 0.05) is 30.3 Å². The van der Waals surface area contributed by atoms with Crippen molar-refractivity contribution in [1.82, 2.24) is 14.5 Å². The van der Waals surface area contributed by atoms with Crippen LogP contribution < -0.4 is 10.5 Å². The fourth-order valence-electron chi connectivity index (χ4n) is 2.34. The van der Waals surface area contributed by atoms with Gasteiger partial charge in [-0.15, -0.1) is 0 Å². The zero-order chi connectivity index (χ0) is 13.4. The molecule has 0 radical (unpaired) electrons. The van der Waals surface area contributed by atoms with Crippen LogP contribution in [-0.4, -0.2) is 21.6 Å². The van der Waals surface area contributed by atoms with Gasteiger partial charge in [0.25, 0.3) is 0 Å². The van der Waals surface area contributed by atoms with E-state index in [9.17, 15) is 0 Å². The lowest BCUT2D eigenvalue weighted by atomic mass is 10.2. The van der Waals surface area contributed by atoms with Crippen LogP contribution in [0.4, 0.5) is 5.82 Å². The molecular formula is C14H18N4O. The number of hydrogen-bond acceptors (Lipinski definition) is 4. The first-order valence-corrected chi connectivity index (χ1v) is 6.61. The van der Waals surface area contributed by atoms with Crippen molar-refractivity contribution in [3.05, 3.63) is 24.2 Å². The molecule has 5 nitrogen and oxygen atoms in total. The summed E-state index contributed by atoms with van der Waals surface area (Å²) in [5.74, 6) is 2.41. The van der Waals surface area contributed by atoms with Gasteiger partial charge in [0.1, 0.15) is 17.3 Å². The summed E-state index contributed by atoms with van der Waals surface area (Å²) in [5.41, 5.74) is 8.03. The Hall–Kier alpha value is -2.04. The van der Waals surface area contributed by atoms with E-state index in [1.807, 2.05) is 12.1 Å². The molecule has 1 aliphatic carbocycles. The molecule has 2 aromatic rings. The Morgan fingerprint density at radius 1 is 1.42 bits per heavy atom. The van der Waals surface area contributed by atoms with Gasteiger partial charge < -0.3 is 15.0 Å². The van der Waals surface area contributed by atoms with Crippen LogP contribution in [0.2, 0.25) is 0 Å². The Morgan fingerprint density at radius 2 is 2.21 bits per heavy atom. The molecule has 2 N–H and O–H groups in total. The number of anilines is 1. The first-order chi connectivity index (χ1) is 9.24. The zero-order valence-corrected chi connectivity index (χ0v) is 11.3. The fraction of sp³-hybridized carbons (Fsp3) is 0.429. The van der Waals surface area contributed by atoms with Crippen molar-refractivity contribution in [3.8, 4) is 17.1 Å². The number of ether oxygens (including phenoxy) is 1. The topological polar surface area (TPSA) is 66.0 Å². The third kappa shape index (κ3) is 2.05. The molecule has 0 saturated heterocycles. The largest absolute Gasteiger partial charge is 0.481 e. The van der Waals surface area contributed by atoms with Crippen molar-refractivity contribution in [3.63, 3.8) is 0 Å². The van der Waals surface area contributed by atoms with Crippen molar-refractivity contribution in [2.45, 2.75) is 32.2 Å². The number of rotatable bonds is 4. The van der Waals surface area contributed by atoms with Crippen molar-refractivity contribution < 1.29 is 4.74 Å². The van der Waals surface area contributed by atoms with Gasteiger partial charge in [-0.2, -0.15) is 0 Å². The molecule has 1 fully saturated rings. The van der Waals surface area contributed by atoms with Crippen LogP contribution in [0.1, 0.15) is 31.6 Å². The van der Waals surface area contributed by atoms with Gasteiger partial charge in [-0.3, -0.25) is 0 Å². The lowest BCUT2D eigenvalue weighted by Gasteiger charge is -2.06. The number of aromatic nitrogens is 3. The second kappa shape index (κ2) is 4.57. The van der Waals surface area contributed by atoms with Gasteiger partial charge in [0.05, 0.1) is 7.11 Å². The van der Waals surface area contributed by atoms with Crippen LogP contribution in [0.25, 0.3) is 11.3 Å². The van der Waals surface area contributed by atoms with Gasteiger partial charge in [0.15, 0.2) is 0 Å². The minimum absolute atomic E-state index is 0.544. The molecule has 19 heavy (non-hydrogen) atoms. The standard InChI is InChI=1S/C14H18N4O/c1-3-11-17-13(14(15)18(11)10-5-6-10)9-4-7-12(19-2)16-8-9/h4,7-8,10H,3,5-6,15H2,1-2H3. The first kappa shape index (κ1) is 12.0. The number of nitrogen functional groups attached to an aromatic ring is 1. The van der Waals surface area contributed by atoms with E-state index in [0.717, 1.165) is 29.3 Å². The van der Waals surface area contributed by atoms with Crippen LogP contribution in [-0.2, 0) is 6.42 Å². The monoisotopic (exact) mass is 258 g/mol. The number of methoxy groups -OCH3 is 1. The predicted molar refractivity (Wildman–Crippen MR) is 74.1 cm³/mol. The third-order valence-corrected chi connectivity index (χ3v) is 3.47. The highest BCUT2D eigenvalue weighted by Crippen LogP contribution is 2.40. The second-order valence-electron chi connectivity index (χ2n) is 4.81. The number of imidazole rings is 1. The van der Waals surface area contributed by atoms with Crippen LogP contribution in [0.15, 0.2) is 18.3 Å². The average Bonchev–Trinajstić information content (AvgIpc) is 3.23. The molecule has 0 aliphatic heterocycles. The highest BCUT2D eigenvalue weighted by atomic mass is 16.5. The molecule has 5 heteroatoms. The molecule has 0 aromatic carbocycles. The normalized spacial score (nSPS) is 14.6. The number of aryl methyl sites for hydroxylation is 1. The number of nitrogens with zero attached hydrogens (tertiary/aromatic N) is 3. The zero-order valence-electron chi connectivity index (χ0n) is 11.3. The van der Waals surface area contributed by atoms with E-state index >= 15 is 0 Å². The van der Waals surface area contributed by atoms with Gasteiger partial charge in [-0.25, -0.2) is 9.97 Å². The summed E-state index contributed by atoms with van der Waals surface area (Å²) in [6, 6.07) is 4.32. The Labute approximate surface area is 112 Å². The molecule has 1 saturated carbocycles. The van der Waals surface area contributed by atoms with Crippen LogP contribution in [0.5, 0.6) is 5.88 Å². The molecule has 0 bridgehead atoms. The van der Waals surface area contributed by atoms with E-state index in [0.29, 0.717) is 11.9 Å². The Morgan fingerprint density at radius 3 is 2.74 bits per heavy atom.